The number of carbonyl (C=O) groups is 1. The van der Waals surface area contributed by atoms with Crippen molar-refractivity contribution in [3.8, 4) is 0 Å². The molecule has 0 aromatic carbocycles. The summed E-state index contributed by atoms with van der Waals surface area (Å²) >= 11 is 0. The van der Waals surface area contributed by atoms with Crippen LogP contribution in [0.15, 0.2) is 12.1 Å². The standard InChI is InChI=1S/C15H25N3O/c1-7-15(4,5)18-14(19)11-8-12(10(2)3)17-13(9-11)16-6/h8-10H,7H2,1-6H3,(H,16,17)(H,18,19). The number of rotatable bonds is 5. The predicted molar refractivity (Wildman–Crippen MR) is 79.7 cm³/mol. The minimum atomic E-state index is -0.196. The molecule has 0 atom stereocenters. The van der Waals surface area contributed by atoms with E-state index < -0.39 is 0 Å². The van der Waals surface area contributed by atoms with Crippen LogP contribution in [0.2, 0.25) is 0 Å². The molecule has 4 nitrogen and oxygen atoms in total. The Labute approximate surface area is 116 Å². The first-order chi connectivity index (χ1) is 8.79. The van der Waals surface area contributed by atoms with Gasteiger partial charge in [0.15, 0.2) is 0 Å². The van der Waals surface area contributed by atoms with Crippen molar-refractivity contribution in [3.05, 3.63) is 23.4 Å². The summed E-state index contributed by atoms with van der Waals surface area (Å²) in [6.45, 7) is 10.2. The Hall–Kier alpha value is -1.58. The topological polar surface area (TPSA) is 54.0 Å². The quantitative estimate of drug-likeness (QED) is 0.858. The lowest BCUT2D eigenvalue weighted by Gasteiger charge is -2.24. The average Bonchev–Trinajstić information content (AvgIpc) is 2.37. The fourth-order valence-corrected chi connectivity index (χ4v) is 1.57. The summed E-state index contributed by atoms with van der Waals surface area (Å²) in [6.07, 6.45) is 0.889. The summed E-state index contributed by atoms with van der Waals surface area (Å²) in [4.78, 5) is 16.8. The molecule has 106 valence electrons. The predicted octanol–water partition coefficient (Wildman–Crippen LogP) is 3.17. The smallest absolute Gasteiger partial charge is 0.251 e. The molecule has 0 aliphatic heterocycles. The second kappa shape index (κ2) is 6.04. The lowest BCUT2D eigenvalue weighted by Crippen LogP contribution is -2.42. The van der Waals surface area contributed by atoms with Crippen LogP contribution in [-0.2, 0) is 0 Å². The summed E-state index contributed by atoms with van der Waals surface area (Å²) < 4.78 is 0. The normalized spacial score (nSPS) is 11.5. The molecule has 2 N–H and O–H groups in total. The van der Waals surface area contributed by atoms with Crippen LogP contribution in [0, 0.1) is 0 Å². The first kappa shape index (κ1) is 15.5. The van der Waals surface area contributed by atoms with Crippen molar-refractivity contribution < 1.29 is 4.79 Å². The molecule has 0 saturated carbocycles. The average molecular weight is 263 g/mol. The van der Waals surface area contributed by atoms with Gasteiger partial charge < -0.3 is 10.6 Å². The molecule has 0 aliphatic carbocycles. The van der Waals surface area contributed by atoms with Crippen LogP contribution in [0.3, 0.4) is 0 Å². The maximum Gasteiger partial charge on any atom is 0.251 e. The van der Waals surface area contributed by atoms with Crippen molar-refractivity contribution in [2.24, 2.45) is 0 Å². The second-order valence-corrected chi connectivity index (χ2v) is 5.76. The Morgan fingerprint density at radius 2 is 2.00 bits per heavy atom. The Bertz CT molecular complexity index is 453. The van der Waals surface area contributed by atoms with E-state index in [2.05, 4.69) is 36.4 Å². The van der Waals surface area contributed by atoms with Gasteiger partial charge in [-0.25, -0.2) is 4.98 Å². The summed E-state index contributed by atoms with van der Waals surface area (Å²) in [7, 11) is 1.81. The fourth-order valence-electron chi connectivity index (χ4n) is 1.57. The molecule has 0 fully saturated rings. The first-order valence-electron chi connectivity index (χ1n) is 6.81. The Morgan fingerprint density at radius 1 is 1.37 bits per heavy atom. The number of aromatic nitrogens is 1. The van der Waals surface area contributed by atoms with Crippen LogP contribution in [0.4, 0.5) is 5.82 Å². The van der Waals surface area contributed by atoms with Gasteiger partial charge >= 0.3 is 0 Å². The molecule has 19 heavy (non-hydrogen) atoms. The zero-order valence-corrected chi connectivity index (χ0v) is 12.8. The number of anilines is 1. The van der Waals surface area contributed by atoms with Crippen molar-refractivity contribution in [2.45, 2.75) is 52.5 Å². The fraction of sp³-hybridized carbons (Fsp3) is 0.600. The van der Waals surface area contributed by atoms with Gasteiger partial charge in [0.1, 0.15) is 5.82 Å². The van der Waals surface area contributed by atoms with Gasteiger partial charge in [-0.3, -0.25) is 4.79 Å². The van der Waals surface area contributed by atoms with E-state index in [4.69, 9.17) is 0 Å². The molecular formula is C15H25N3O. The molecular weight excluding hydrogens is 238 g/mol. The van der Waals surface area contributed by atoms with Gasteiger partial charge in [-0.15, -0.1) is 0 Å². The minimum Gasteiger partial charge on any atom is -0.373 e. The maximum absolute atomic E-state index is 12.3. The van der Waals surface area contributed by atoms with Gasteiger partial charge in [0.2, 0.25) is 0 Å². The van der Waals surface area contributed by atoms with E-state index >= 15 is 0 Å². The van der Waals surface area contributed by atoms with Gasteiger partial charge in [0.25, 0.3) is 5.91 Å². The Balaban J connectivity index is 3.05. The van der Waals surface area contributed by atoms with Crippen molar-refractivity contribution >= 4 is 11.7 Å². The highest BCUT2D eigenvalue weighted by Gasteiger charge is 2.20. The number of carbonyl (C=O) groups excluding carboxylic acids is 1. The van der Waals surface area contributed by atoms with E-state index in [1.165, 1.54) is 0 Å². The van der Waals surface area contributed by atoms with Crippen molar-refractivity contribution in [1.82, 2.24) is 10.3 Å². The van der Waals surface area contributed by atoms with Crippen LogP contribution in [0.1, 0.15) is 63.0 Å². The lowest BCUT2D eigenvalue weighted by molar-refractivity contribution is 0.0911. The SMILES string of the molecule is CCC(C)(C)NC(=O)c1cc(NC)nc(C(C)C)c1. The largest absolute Gasteiger partial charge is 0.373 e. The van der Waals surface area contributed by atoms with Gasteiger partial charge in [-0.2, -0.15) is 0 Å². The van der Waals surface area contributed by atoms with Crippen LogP contribution in [-0.4, -0.2) is 23.5 Å². The van der Waals surface area contributed by atoms with Gasteiger partial charge in [0, 0.05) is 23.8 Å². The molecule has 1 rings (SSSR count). The van der Waals surface area contributed by atoms with E-state index in [9.17, 15) is 4.79 Å². The highest BCUT2D eigenvalue weighted by Crippen LogP contribution is 2.18. The molecule has 0 spiro atoms. The van der Waals surface area contributed by atoms with Gasteiger partial charge in [-0.05, 0) is 38.3 Å². The van der Waals surface area contributed by atoms with Crippen molar-refractivity contribution in [1.29, 1.82) is 0 Å². The summed E-state index contributed by atoms with van der Waals surface area (Å²) in [5, 5.41) is 6.05. The first-order valence-corrected chi connectivity index (χ1v) is 6.81. The van der Waals surface area contributed by atoms with E-state index in [-0.39, 0.29) is 11.4 Å². The van der Waals surface area contributed by atoms with Crippen LogP contribution >= 0.6 is 0 Å². The highest BCUT2D eigenvalue weighted by atomic mass is 16.1. The van der Waals surface area contributed by atoms with Crippen molar-refractivity contribution in [3.63, 3.8) is 0 Å². The summed E-state index contributed by atoms with van der Waals surface area (Å²) in [5.74, 6) is 0.970. The molecule has 0 unspecified atom stereocenters. The summed E-state index contributed by atoms with van der Waals surface area (Å²) in [5.41, 5.74) is 1.38. The van der Waals surface area contributed by atoms with Crippen molar-refractivity contribution in [2.75, 3.05) is 12.4 Å². The van der Waals surface area contributed by atoms with Gasteiger partial charge in [-0.1, -0.05) is 20.8 Å². The van der Waals surface area contributed by atoms with E-state index in [1.54, 1.807) is 6.07 Å². The number of pyridine rings is 1. The van der Waals surface area contributed by atoms with E-state index in [1.807, 2.05) is 27.0 Å². The number of hydrogen-bond acceptors (Lipinski definition) is 3. The molecule has 0 saturated heterocycles. The summed E-state index contributed by atoms with van der Waals surface area (Å²) in [6, 6.07) is 3.65. The molecule has 1 heterocycles. The third-order valence-corrected chi connectivity index (χ3v) is 3.29. The molecule has 0 radical (unpaired) electrons. The maximum atomic E-state index is 12.3. The van der Waals surface area contributed by atoms with E-state index in [0.717, 1.165) is 17.9 Å². The number of nitrogens with zero attached hydrogens (tertiary/aromatic N) is 1. The van der Waals surface area contributed by atoms with Gasteiger partial charge in [0.05, 0.1) is 0 Å². The van der Waals surface area contributed by atoms with Crippen LogP contribution in [0.5, 0.6) is 0 Å². The molecule has 4 heteroatoms. The Kier molecular flexibility index (Phi) is 4.92. The molecule has 1 amide bonds. The minimum absolute atomic E-state index is 0.0485. The van der Waals surface area contributed by atoms with E-state index in [0.29, 0.717) is 11.5 Å². The zero-order chi connectivity index (χ0) is 14.6. The third-order valence-electron chi connectivity index (χ3n) is 3.29. The van der Waals surface area contributed by atoms with Crippen LogP contribution < -0.4 is 10.6 Å². The molecule has 1 aromatic rings. The Morgan fingerprint density at radius 3 is 2.47 bits per heavy atom. The number of hydrogen-bond donors (Lipinski definition) is 2. The second-order valence-electron chi connectivity index (χ2n) is 5.76. The molecule has 1 aromatic heterocycles. The highest BCUT2D eigenvalue weighted by molar-refractivity contribution is 5.95. The zero-order valence-electron chi connectivity index (χ0n) is 12.8. The number of nitrogens with one attached hydrogen (secondary N) is 2. The third kappa shape index (κ3) is 4.23. The number of amides is 1. The monoisotopic (exact) mass is 263 g/mol. The lowest BCUT2D eigenvalue weighted by atomic mass is 10.0. The molecule has 0 bridgehead atoms. The molecule has 0 aliphatic rings. The van der Waals surface area contributed by atoms with Crippen LogP contribution in [0.25, 0.3) is 0 Å².